The Morgan fingerprint density at radius 1 is 1.06 bits per heavy atom. The summed E-state index contributed by atoms with van der Waals surface area (Å²) >= 11 is 0. The molecule has 0 radical (unpaired) electrons. The first-order valence-electron chi connectivity index (χ1n) is 12.3. The number of fused-ring (bicyclic) bond motifs is 4. The van der Waals surface area contributed by atoms with Crippen LogP contribution in [0.4, 0.5) is 0 Å². The van der Waals surface area contributed by atoms with Crippen molar-refractivity contribution in [1.29, 1.82) is 0 Å². The molecule has 9 nitrogen and oxygen atoms in total. The fourth-order valence-corrected chi connectivity index (χ4v) is 5.32. The van der Waals surface area contributed by atoms with Gasteiger partial charge in [0.25, 0.3) is 0 Å². The number of nitrogens with one attached hydrogen (secondary N) is 1. The Balaban J connectivity index is 1.38. The predicted molar refractivity (Wildman–Crippen MR) is 127 cm³/mol. The largest absolute Gasteiger partial charge is 0.486 e. The third-order valence-corrected chi connectivity index (χ3v) is 7.24. The molecule has 0 spiro atoms. The van der Waals surface area contributed by atoms with Crippen LogP contribution in [0.1, 0.15) is 29.9 Å². The number of aliphatic hydroxyl groups is 2. The van der Waals surface area contributed by atoms with Gasteiger partial charge in [-0.3, -0.25) is 9.59 Å². The zero-order chi connectivity index (χ0) is 24.8. The maximum Gasteiger partial charge on any atom is 0.247 e. The molecule has 0 bridgehead atoms. The van der Waals surface area contributed by atoms with E-state index in [0.717, 1.165) is 24.0 Å². The van der Waals surface area contributed by atoms with Gasteiger partial charge < -0.3 is 34.6 Å². The number of ether oxygens (including phenoxy) is 3. The van der Waals surface area contributed by atoms with E-state index in [2.05, 4.69) is 5.32 Å². The first-order valence-corrected chi connectivity index (χ1v) is 12.3. The molecule has 2 aliphatic heterocycles. The second kappa shape index (κ2) is 9.15. The highest BCUT2D eigenvalue weighted by Gasteiger charge is 2.51. The van der Waals surface area contributed by atoms with E-state index in [0.29, 0.717) is 22.8 Å². The Labute approximate surface area is 208 Å². The minimum Gasteiger partial charge on any atom is -0.486 e. The number of hydrogen-bond acceptors (Lipinski definition) is 7. The third-order valence-electron chi connectivity index (χ3n) is 7.24. The Hall–Kier alpha value is -3.56. The lowest BCUT2D eigenvalue weighted by atomic mass is 9.77. The van der Waals surface area contributed by atoms with Gasteiger partial charge in [0.2, 0.25) is 18.6 Å². The molecule has 0 aromatic heterocycles. The number of rotatable bonds is 7. The first kappa shape index (κ1) is 22.9. The highest BCUT2D eigenvalue weighted by Crippen LogP contribution is 2.47. The average molecular weight is 493 g/mol. The maximum absolute atomic E-state index is 13.5. The van der Waals surface area contributed by atoms with Crippen LogP contribution in [0, 0.1) is 5.92 Å². The van der Waals surface area contributed by atoms with Crippen LogP contribution in [0.5, 0.6) is 17.2 Å². The molecule has 0 unspecified atom stereocenters. The van der Waals surface area contributed by atoms with Crippen molar-refractivity contribution in [3.8, 4) is 17.2 Å². The summed E-state index contributed by atoms with van der Waals surface area (Å²) in [5.74, 6) is 0.906. The second-order valence-corrected chi connectivity index (χ2v) is 9.61. The predicted octanol–water partition coefficient (Wildman–Crippen LogP) is 1.48. The molecule has 2 aromatic rings. The van der Waals surface area contributed by atoms with Gasteiger partial charge in [0, 0.05) is 30.1 Å². The van der Waals surface area contributed by atoms with Gasteiger partial charge in [-0.05, 0) is 42.7 Å². The minimum atomic E-state index is -1.05. The van der Waals surface area contributed by atoms with Gasteiger partial charge >= 0.3 is 0 Å². The number of benzene rings is 2. The zero-order valence-corrected chi connectivity index (χ0v) is 19.6. The summed E-state index contributed by atoms with van der Waals surface area (Å²) < 4.78 is 17.1. The molecule has 6 rings (SSSR count). The molecular weight excluding hydrogens is 464 g/mol. The summed E-state index contributed by atoms with van der Waals surface area (Å²) in [6, 6.07) is 12.2. The molecule has 3 N–H and O–H groups in total. The Morgan fingerprint density at radius 2 is 1.86 bits per heavy atom. The van der Waals surface area contributed by atoms with Crippen molar-refractivity contribution in [3.63, 3.8) is 0 Å². The molecule has 2 aromatic carbocycles. The van der Waals surface area contributed by atoms with E-state index < -0.39 is 24.2 Å². The van der Waals surface area contributed by atoms with E-state index in [1.807, 2.05) is 42.5 Å². The van der Waals surface area contributed by atoms with Crippen LogP contribution in [-0.4, -0.2) is 65.1 Å². The molecule has 0 saturated heterocycles. The molecule has 9 heteroatoms. The standard InChI is InChI=1S/C27H28N2O7/c30-10-9-28-26(32)18-12-19(24(31)25-23(18)17-3-1-2-4-20(17)36-25)29(27(33)16-6-7-16)13-15-5-8-21-22(11-15)35-14-34-21/h1-5,8,11-12,16,19,23-25,30-31H,6-7,9-10,13-14H2,(H,28,32)/t19-,23+,24+,25+/m1/s1. The fourth-order valence-electron chi connectivity index (χ4n) is 5.32. The molecule has 36 heavy (non-hydrogen) atoms. The number of carbonyl (C=O) groups excluding carboxylic acids is 2. The number of hydrogen-bond donors (Lipinski definition) is 3. The van der Waals surface area contributed by atoms with Gasteiger partial charge in [-0.15, -0.1) is 0 Å². The van der Waals surface area contributed by atoms with Crippen molar-refractivity contribution >= 4 is 11.8 Å². The van der Waals surface area contributed by atoms with Crippen molar-refractivity contribution in [2.45, 2.75) is 43.6 Å². The molecule has 1 fully saturated rings. The highest BCUT2D eigenvalue weighted by atomic mass is 16.7. The number of carbonyl (C=O) groups is 2. The van der Waals surface area contributed by atoms with E-state index >= 15 is 0 Å². The van der Waals surface area contributed by atoms with Crippen LogP contribution >= 0.6 is 0 Å². The van der Waals surface area contributed by atoms with Gasteiger partial charge in [0.1, 0.15) is 18.0 Å². The average Bonchev–Trinajstić information content (AvgIpc) is 3.51. The Kier molecular flexibility index (Phi) is 5.81. The van der Waals surface area contributed by atoms with Gasteiger partial charge in [0.15, 0.2) is 11.5 Å². The highest BCUT2D eigenvalue weighted by molar-refractivity contribution is 5.96. The van der Waals surface area contributed by atoms with Crippen molar-refractivity contribution in [2.75, 3.05) is 19.9 Å². The Bertz CT molecular complexity index is 1220. The molecule has 2 aliphatic carbocycles. The molecule has 4 aliphatic rings. The van der Waals surface area contributed by atoms with E-state index in [-0.39, 0.29) is 44.2 Å². The van der Waals surface area contributed by atoms with Gasteiger partial charge in [-0.2, -0.15) is 0 Å². The molecule has 1 saturated carbocycles. The van der Waals surface area contributed by atoms with Crippen LogP contribution < -0.4 is 19.5 Å². The first-order chi connectivity index (χ1) is 17.5. The molecule has 2 heterocycles. The van der Waals surface area contributed by atoms with Crippen LogP contribution in [0.2, 0.25) is 0 Å². The molecule has 4 atom stereocenters. The van der Waals surface area contributed by atoms with Gasteiger partial charge in [-0.25, -0.2) is 0 Å². The quantitative estimate of drug-likeness (QED) is 0.536. The zero-order valence-electron chi connectivity index (χ0n) is 19.6. The summed E-state index contributed by atoms with van der Waals surface area (Å²) in [7, 11) is 0. The molecule has 188 valence electrons. The topological polar surface area (TPSA) is 118 Å². The van der Waals surface area contributed by atoms with E-state index in [9.17, 15) is 19.8 Å². The second-order valence-electron chi connectivity index (χ2n) is 9.61. The number of amides is 2. The summed E-state index contributed by atoms with van der Waals surface area (Å²) in [6.07, 6.45) is 1.55. The monoisotopic (exact) mass is 492 g/mol. The SMILES string of the molecule is O=C(NCCO)C1=C[C@@H](N(Cc2ccc3c(c2)OCO3)C(=O)C2CC2)[C@H](O)[C@H]2Oc3ccccc3[C@@H]12. The van der Waals surface area contributed by atoms with Gasteiger partial charge in [0.05, 0.1) is 18.6 Å². The lowest BCUT2D eigenvalue weighted by molar-refractivity contribution is -0.139. The molecular formula is C27H28N2O7. The Morgan fingerprint density at radius 3 is 2.67 bits per heavy atom. The van der Waals surface area contributed by atoms with Crippen LogP contribution in [0.15, 0.2) is 54.1 Å². The molecule has 2 amide bonds. The number of nitrogens with zero attached hydrogens (tertiary/aromatic N) is 1. The van der Waals surface area contributed by atoms with Gasteiger partial charge in [-0.1, -0.05) is 24.3 Å². The van der Waals surface area contributed by atoms with E-state index in [4.69, 9.17) is 14.2 Å². The van der Waals surface area contributed by atoms with Crippen LogP contribution in [0.3, 0.4) is 0 Å². The fraction of sp³-hybridized carbons (Fsp3) is 0.407. The summed E-state index contributed by atoms with van der Waals surface area (Å²) in [6.45, 7) is 0.300. The van der Waals surface area contributed by atoms with Crippen LogP contribution in [0.25, 0.3) is 0 Å². The lowest BCUT2D eigenvalue weighted by Gasteiger charge is -2.41. The van der Waals surface area contributed by atoms with E-state index in [1.165, 1.54) is 0 Å². The van der Waals surface area contributed by atoms with Crippen LogP contribution in [-0.2, 0) is 16.1 Å². The minimum absolute atomic E-state index is 0.0583. The number of para-hydroxylation sites is 1. The summed E-state index contributed by atoms with van der Waals surface area (Å²) in [5, 5.41) is 23.5. The van der Waals surface area contributed by atoms with E-state index in [1.54, 1.807) is 11.0 Å². The van der Waals surface area contributed by atoms with Crippen molar-refractivity contribution < 1.29 is 34.0 Å². The smallest absolute Gasteiger partial charge is 0.247 e. The normalized spacial score (nSPS) is 25.3. The van der Waals surface area contributed by atoms with Crippen molar-refractivity contribution in [3.05, 3.63) is 65.2 Å². The lowest BCUT2D eigenvalue weighted by Crippen LogP contribution is -2.55. The van der Waals surface area contributed by atoms with Crippen molar-refractivity contribution in [1.82, 2.24) is 10.2 Å². The third kappa shape index (κ3) is 3.98. The summed E-state index contributed by atoms with van der Waals surface area (Å²) in [5.41, 5.74) is 2.08. The van der Waals surface area contributed by atoms with Crippen molar-refractivity contribution in [2.24, 2.45) is 5.92 Å². The number of aliphatic hydroxyl groups excluding tert-OH is 2. The maximum atomic E-state index is 13.5. The summed E-state index contributed by atoms with van der Waals surface area (Å²) in [4.78, 5) is 28.4.